The molecule has 0 spiro atoms. The average molecular weight is 651 g/mol. The van der Waals surface area contributed by atoms with Crippen molar-refractivity contribution >= 4 is 21.9 Å². The molecule has 0 unspecified atom stereocenters. The van der Waals surface area contributed by atoms with Gasteiger partial charge in [-0.3, -0.25) is 4.98 Å². The number of nitrogens with zero attached hydrogens (tertiary/aromatic N) is 2. The van der Waals surface area contributed by atoms with Gasteiger partial charge in [-0.2, -0.15) is 0 Å². The third-order valence-electron chi connectivity index (χ3n) is 6.35. The molecule has 4 aromatic carbocycles. The van der Waals surface area contributed by atoms with Crippen LogP contribution in [-0.2, 0) is 21.1 Å². The van der Waals surface area contributed by atoms with E-state index in [1.165, 1.54) is 10.9 Å². The first-order valence-electron chi connectivity index (χ1n) is 11.7. The van der Waals surface area contributed by atoms with Crippen LogP contribution in [0.4, 0.5) is 0 Å². The number of benzene rings is 4. The van der Waals surface area contributed by atoms with Gasteiger partial charge >= 0.3 is 0 Å². The summed E-state index contributed by atoms with van der Waals surface area (Å²) in [7, 11) is 0. The molecule has 0 amide bonds. The largest absolute Gasteiger partial charge is 0.507 e. The van der Waals surface area contributed by atoms with Crippen LogP contribution in [0.3, 0.4) is 0 Å². The second kappa shape index (κ2) is 9.72. The van der Waals surface area contributed by atoms with E-state index in [9.17, 15) is 5.11 Å². The number of aromatic nitrogens is 2. The summed E-state index contributed by atoms with van der Waals surface area (Å²) < 4.78 is 6.00. The van der Waals surface area contributed by atoms with Crippen molar-refractivity contribution in [3.05, 3.63) is 103 Å². The molecule has 5 heteroatoms. The van der Waals surface area contributed by atoms with Gasteiger partial charge in [0.15, 0.2) is 0 Å². The number of fused-ring (bicyclic) bond motifs is 2. The Balaban J connectivity index is 0.00000267. The number of oxazole rings is 1. The summed E-state index contributed by atoms with van der Waals surface area (Å²) in [6.07, 6.45) is 1.86. The molecule has 4 nitrogen and oxygen atoms in total. The molecule has 0 aliphatic heterocycles. The van der Waals surface area contributed by atoms with Crippen LogP contribution in [0.15, 0.2) is 95.5 Å². The molecule has 2 aromatic heterocycles. The fourth-order valence-corrected chi connectivity index (χ4v) is 4.47. The van der Waals surface area contributed by atoms with Crippen LogP contribution in [0.25, 0.3) is 55.7 Å². The topological polar surface area (TPSA) is 59.2 Å². The Bertz CT molecular complexity index is 1700. The minimum atomic E-state index is 0. The van der Waals surface area contributed by atoms with Gasteiger partial charge in [0.2, 0.25) is 5.89 Å². The van der Waals surface area contributed by atoms with Gasteiger partial charge in [-0.05, 0) is 46.5 Å². The monoisotopic (exact) mass is 650 g/mol. The van der Waals surface area contributed by atoms with Crippen molar-refractivity contribution in [2.45, 2.75) is 19.8 Å². The summed E-state index contributed by atoms with van der Waals surface area (Å²) in [5, 5.41) is 12.5. The molecule has 0 aliphatic rings. The molecule has 0 aliphatic carbocycles. The first-order valence-corrected chi connectivity index (χ1v) is 11.7. The van der Waals surface area contributed by atoms with Crippen LogP contribution in [0, 0.1) is 6.07 Å². The smallest absolute Gasteiger partial charge is 0.230 e. The number of phenolic OH excluding ortho intramolecular Hbond substituents is 1. The molecule has 0 saturated heterocycles. The first kappa shape index (κ1) is 24.0. The standard InChI is InChI=1S/C31H23N2O2.Pt/c1-19(2)20-13-14-25-22(17-20)15-16-32-29(25)23-8-5-7-21(18-23)24-10-6-12-28-30(24)33-31(35-28)26-9-3-4-11-27(26)34;/h3-17,19,34H,1-2H3;/q-1;. The molecule has 6 rings (SSSR count). The third kappa shape index (κ3) is 4.23. The average Bonchev–Trinajstić information content (AvgIpc) is 3.32. The summed E-state index contributed by atoms with van der Waals surface area (Å²) in [5.74, 6) is 0.992. The predicted molar refractivity (Wildman–Crippen MR) is 140 cm³/mol. The van der Waals surface area contributed by atoms with E-state index in [1.54, 1.807) is 18.2 Å². The SMILES string of the molecule is CC(C)c1ccc2c(-c3[c-]c(-c4cccc5oc(-c6ccccc6O)nc45)ccc3)nccc2c1.[Pt]. The molecule has 6 aromatic rings. The van der Waals surface area contributed by atoms with Gasteiger partial charge in [0.25, 0.3) is 0 Å². The molecule has 0 bridgehead atoms. The Morgan fingerprint density at radius 3 is 2.44 bits per heavy atom. The van der Waals surface area contributed by atoms with Crippen molar-refractivity contribution in [3.8, 4) is 39.6 Å². The normalized spacial score (nSPS) is 11.2. The van der Waals surface area contributed by atoms with Crippen LogP contribution >= 0.6 is 0 Å². The minimum absolute atomic E-state index is 0. The van der Waals surface area contributed by atoms with Crippen LogP contribution in [-0.4, -0.2) is 15.1 Å². The number of aromatic hydroxyl groups is 1. The second-order valence-electron chi connectivity index (χ2n) is 8.96. The maximum atomic E-state index is 10.3. The molecule has 0 saturated carbocycles. The van der Waals surface area contributed by atoms with Crippen molar-refractivity contribution in [1.82, 2.24) is 9.97 Å². The van der Waals surface area contributed by atoms with E-state index in [0.29, 0.717) is 23.0 Å². The van der Waals surface area contributed by atoms with Crippen LogP contribution in [0.5, 0.6) is 5.75 Å². The zero-order valence-corrected chi connectivity index (χ0v) is 22.1. The second-order valence-corrected chi connectivity index (χ2v) is 8.96. The summed E-state index contributed by atoms with van der Waals surface area (Å²) in [5.41, 5.74) is 6.91. The van der Waals surface area contributed by atoms with E-state index in [1.807, 2.05) is 48.7 Å². The Labute approximate surface area is 223 Å². The van der Waals surface area contributed by atoms with Gasteiger partial charge in [0, 0.05) is 33.0 Å². The van der Waals surface area contributed by atoms with E-state index < -0.39 is 0 Å². The number of pyridine rings is 1. The van der Waals surface area contributed by atoms with Gasteiger partial charge in [-0.15, -0.1) is 29.8 Å². The number of phenols is 1. The molecule has 2 heterocycles. The fraction of sp³-hybridized carbons (Fsp3) is 0.0968. The Hall–Kier alpha value is -3.75. The van der Waals surface area contributed by atoms with Gasteiger partial charge < -0.3 is 9.52 Å². The van der Waals surface area contributed by atoms with Crippen molar-refractivity contribution in [2.24, 2.45) is 0 Å². The van der Waals surface area contributed by atoms with Crippen LogP contribution < -0.4 is 0 Å². The summed E-state index contributed by atoms with van der Waals surface area (Å²) in [4.78, 5) is 9.45. The van der Waals surface area contributed by atoms with Gasteiger partial charge in [-0.25, -0.2) is 4.98 Å². The molecule has 36 heavy (non-hydrogen) atoms. The summed E-state index contributed by atoms with van der Waals surface area (Å²) >= 11 is 0. The first-order chi connectivity index (χ1) is 17.1. The molecular formula is C31H23N2O2Pt-. The molecule has 0 fully saturated rings. The van der Waals surface area contributed by atoms with Crippen molar-refractivity contribution in [3.63, 3.8) is 0 Å². The minimum Gasteiger partial charge on any atom is -0.507 e. The summed E-state index contributed by atoms with van der Waals surface area (Å²) in [6, 6.07) is 31.2. The number of hydrogen-bond donors (Lipinski definition) is 1. The van der Waals surface area contributed by atoms with Gasteiger partial charge in [-0.1, -0.05) is 67.4 Å². The molecule has 0 radical (unpaired) electrons. The Kier molecular flexibility index (Phi) is 6.47. The van der Waals surface area contributed by atoms with E-state index in [4.69, 9.17) is 14.4 Å². The number of hydrogen-bond acceptors (Lipinski definition) is 4. The van der Waals surface area contributed by atoms with E-state index in [0.717, 1.165) is 33.3 Å². The van der Waals surface area contributed by atoms with Crippen molar-refractivity contribution in [1.29, 1.82) is 0 Å². The summed E-state index contributed by atoms with van der Waals surface area (Å²) in [6.45, 7) is 4.41. The zero-order chi connectivity index (χ0) is 23.9. The number of para-hydroxylation sites is 2. The van der Waals surface area contributed by atoms with E-state index >= 15 is 0 Å². The molecule has 0 atom stereocenters. The Morgan fingerprint density at radius 1 is 0.833 bits per heavy atom. The van der Waals surface area contributed by atoms with E-state index in [-0.39, 0.29) is 26.8 Å². The number of rotatable bonds is 4. The zero-order valence-electron chi connectivity index (χ0n) is 19.8. The quantitative estimate of drug-likeness (QED) is 0.197. The molecule has 180 valence electrons. The fourth-order valence-electron chi connectivity index (χ4n) is 4.47. The van der Waals surface area contributed by atoms with Crippen LogP contribution in [0.1, 0.15) is 25.3 Å². The Morgan fingerprint density at radius 2 is 1.61 bits per heavy atom. The van der Waals surface area contributed by atoms with Crippen molar-refractivity contribution < 1.29 is 30.6 Å². The van der Waals surface area contributed by atoms with Gasteiger partial charge in [0.05, 0.1) is 11.1 Å². The van der Waals surface area contributed by atoms with Crippen molar-refractivity contribution in [2.75, 3.05) is 0 Å². The maximum Gasteiger partial charge on any atom is 0.230 e. The molecular weight excluding hydrogens is 627 g/mol. The van der Waals surface area contributed by atoms with Gasteiger partial charge in [0.1, 0.15) is 11.3 Å². The predicted octanol–water partition coefficient (Wildman–Crippen LogP) is 8.00. The van der Waals surface area contributed by atoms with Crippen LogP contribution in [0.2, 0.25) is 0 Å². The maximum absolute atomic E-state index is 10.3. The third-order valence-corrected chi connectivity index (χ3v) is 6.35. The van der Waals surface area contributed by atoms with E-state index in [2.05, 4.69) is 44.2 Å². The molecule has 1 N–H and O–H groups in total.